The molecule has 3 N–H and O–H groups in total. The van der Waals surface area contributed by atoms with E-state index in [4.69, 9.17) is 10.6 Å². The van der Waals surface area contributed by atoms with E-state index in [1.165, 1.54) is 10.7 Å². The number of aryl methyl sites for hydroxylation is 1. The van der Waals surface area contributed by atoms with Crippen LogP contribution in [0, 0.1) is 0 Å². The van der Waals surface area contributed by atoms with Gasteiger partial charge in [0.1, 0.15) is 0 Å². The molecule has 1 unspecified atom stereocenters. The van der Waals surface area contributed by atoms with E-state index in [0.29, 0.717) is 0 Å². The summed E-state index contributed by atoms with van der Waals surface area (Å²) in [7, 11) is 1.69. The van der Waals surface area contributed by atoms with E-state index < -0.39 is 0 Å². The molecule has 0 spiro atoms. The number of methoxy groups -OCH3 is 1. The Kier molecular flexibility index (Phi) is 4.70. The van der Waals surface area contributed by atoms with Gasteiger partial charge in [0.15, 0.2) is 0 Å². The molecular weight excluding hydrogens is 262 g/mol. The van der Waals surface area contributed by atoms with Crippen molar-refractivity contribution in [3.05, 3.63) is 22.6 Å². The molecule has 1 fully saturated rings. The van der Waals surface area contributed by atoms with Gasteiger partial charge in [0.2, 0.25) is 5.91 Å². The number of carbonyl (C=O) groups is 1. The van der Waals surface area contributed by atoms with Crippen molar-refractivity contribution >= 4 is 11.6 Å². The third-order valence-electron chi connectivity index (χ3n) is 3.41. The fraction of sp³-hybridized carbons (Fsp3) is 0.583. The largest absolute Gasteiger partial charge is 0.380 e. The van der Waals surface area contributed by atoms with Gasteiger partial charge < -0.3 is 9.64 Å². The van der Waals surface area contributed by atoms with Gasteiger partial charge in [-0.2, -0.15) is 5.10 Å². The van der Waals surface area contributed by atoms with Crippen molar-refractivity contribution in [1.82, 2.24) is 15.2 Å². The van der Waals surface area contributed by atoms with Crippen LogP contribution in [0.3, 0.4) is 0 Å². The number of nitrogens with one attached hydrogen (secondary N) is 1. The van der Waals surface area contributed by atoms with Gasteiger partial charge in [0.05, 0.1) is 24.5 Å². The molecule has 1 amide bonds. The number of hydrazine groups is 1. The van der Waals surface area contributed by atoms with E-state index >= 15 is 0 Å². The van der Waals surface area contributed by atoms with Crippen LogP contribution in [0.15, 0.2) is 17.1 Å². The lowest BCUT2D eigenvalue weighted by Gasteiger charge is -2.18. The summed E-state index contributed by atoms with van der Waals surface area (Å²) in [5.74, 6) is 4.65. The number of nitrogens with two attached hydrogens (primary N) is 1. The second-order valence-corrected chi connectivity index (χ2v) is 4.69. The van der Waals surface area contributed by atoms with Crippen molar-refractivity contribution in [1.29, 1.82) is 0 Å². The van der Waals surface area contributed by atoms with Crippen LogP contribution in [0.1, 0.15) is 12.8 Å². The van der Waals surface area contributed by atoms with Crippen LogP contribution in [0.5, 0.6) is 0 Å². The van der Waals surface area contributed by atoms with E-state index in [1.54, 1.807) is 13.3 Å². The predicted octanol–water partition coefficient (Wildman–Crippen LogP) is -1.15. The van der Waals surface area contributed by atoms with Gasteiger partial charge in [-0.1, -0.05) is 0 Å². The second kappa shape index (κ2) is 6.49. The molecule has 1 aliphatic heterocycles. The average Bonchev–Trinajstić information content (AvgIpc) is 2.94. The number of carbonyl (C=O) groups excluding carboxylic acids is 1. The van der Waals surface area contributed by atoms with Crippen LogP contribution in [0.25, 0.3) is 0 Å². The Balaban J connectivity index is 2.03. The van der Waals surface area contributed by atoms with Gasteiger partial charge >= 0.3 is 0 Å². The first-order chi connectivity index (χ1) is 9.63. The Bertz CT molecular complexity index is 530. The first-order valence-electron chi connectivity index (χ1n) is 6.48. The van der Waals surface area contributed by atoms with Crippen LogP contribution >= 0.6 is 0 Å². The topological polar surface area (TPSA) is 102 Å². The van der Waals surface area contributed by atoms with Crippen LogP contribution in [-0.4, -0.2) is 42.0 Å². The molecule has 1 aromatic rings. The highest BCUT2D eigenvalue weighted by Gasteiger charge is 2.22. The highest BCUT2D eigenvalue weighted by molar-refractivity contribution is 5.74. The van der Waals surface area contributed by atoms with Gasteiger partial charge in [0, 0.05) is 32.7 Å². The van der Waals surface area contributed by atoms with Crippen molar-refractivity contribution in [3.63, 3.8) is 0 Å². The zero-order valence-electron chi connectivity index (χ0n) is 11.4. The Morgan fingerprint density at radius 1 is 1.65 bits per heavy atom. The van der Waals surface area contributed by atoms with Crippen molar-refractivity contribution in [2.75, 3.05) is 25.1 Å². The Morgan fingerprint density at radius 3 is 3.05 bits per heavy atom. The van der Waals surface area contributed by atoms with Crippen molar-refractivity contribution in [3.8, 4) is 0 Å². The molecule has 8 nitrogen and oxygen atoms in total. The van der Waals surface area contributed by atoms with Crippen molar-refractivity contribution in [2.24, 2.45) is 5.84 Å². The Hall–Kier alpha value is -1.93. The summed E-state index contributed by atoms with van der Waals surface area (Å²) in [6.07, 6.45) is 2.90. The summed E-state index contributed by atoms with van der Waals surface area (Å²) in [6, 6.07) is 1.53. The SMILES string of the molecule is COC1CCN(c2cnn(CCC(=O)NN)c(=O)c2)C1. The molecule has 0 aliphatic carbocycles. The summed E-state index contributed by atoms with van der Waals surface area (Å²) < 4.78 is 6.55. The summed E-state index contributed by atoms with van der Waals surface area (Å²) in [4.78, 5) is 25.0. The Labute approximate surface area is 116 Å². The first kappa shape index (κ1) is 14.5. The van der Waals surface area contributed by atoms with E-state index in [9.17, 15) is 9.59 Å². The molecule has 2 rings (SSSR count). The van der Waals surface area contributed by atoms with E-state index in [2.05, 4.69) is 10.00 Å². The number of ether oxygens (including phenoxy) is 1. The van der Waals surface area contributed by atoms with Gasteiger partial charge in [-0.15, -0.1) is 0 Å². The third-order valence-corrected chi connectivity index (χ3v) is 3.41. The zero-order valence-corrected chi connectivity index (χ0v) is 11.4. The molecule has 110 valence electrons. The maximum Gasteiger partial charge on any atom is 0.268 e. The number of hydrogen-bond donors (Lipinski definition) is 2. The molecule has 1 atom stereocenters. The zero-order chi connectivity index (χ0) is 14.5. The third kappa shape index (κ3) is 3.34. The van der Waals surface area contributed by atoms with Crippen molar-refractivity contribution < 1.29 is 9.53 Å². The van der Waals surface area contributed by atoms with Crippen LogP contribution in [0.4, 0.5) is 5.69 Å². The standard InChI is InChI=1S/C12H19N5O3/c1-20-10-2-4-16(8-10)9-6-12(19)17(14-7-9)5-3-11(18)15-13/h6-7,10H,2-5,8,13H2,1H3,(H,15,18). The molecular formula is C12H19N5O3. The number of nitrogens with zero attached hydrogens (tertiary/aromatic N) is 3. The van der Waals surface area contributed by atoms with E-state index in [0.717, 1.165) is 25.2 Å². The maximum absolute atomic E-state index is 11.9. The molecule has 1 aliphatic rings. The maximum atomic E-state index is 11.9. The summed E-state index contributed by atoms with van der Waals surface area (Å²) in [5.41, 5.74) is 2.58. The first-order valence-corrected chi connectivity index (χ1v) is 6.48. The molecule has 2 heterocycles. The fourth-order valence-electron chi connectivity index (χ4n) is 2.20. The van der Waals surface area contributed by atoms with Crippen LogP contribution < -0.4 is 21.7 Å². The van der Waals surface area contributed by atoms with Gasteiger partial charge in [-0.05, 0) is 6.42 Å². The number of anilines is 1. The number of aromatic nitrogens is 2. The van der Waals surface area contributed by atoms with Gasteiger partial charge in [-0.25, -0.2) is 10.5 Å². The van der Waals surface area contributed by atoms with E-state index in [1.807, 2.05) is 5.43 Å². The van der Waals surface area contributed by atoms with Gasteiger partial charge in [-0.3, -0.25) is 15.0 Å². The monoisotopic (exact) mass is 281 g/mol. The van der Waals surface area contributed by atoms with Gasteiger partial charge in [0.25, 0.3) is 5.56 Å². The number of amides is 1. The van der Waals surface area contributed by atoms with Crippen LogP contribution in [-0.2, 0) is 16.1 Å². The predicted molar refractivity (Wildman–Crippen MR) is 73.1 cm³/mol. The smallest absolute Gasteiger partial charge is 0.268 e. The lowest BCUT2D eigenvalue weighted by atomic mass is 10.3. The second-order valence-electron chi connectivity index (χ2n) is 4.69. The molecule has 8 heteroatoms. The molecule has 0 radical (unpaired) electrons. The quantitative estimate of drug-likeness (QED) is 0.401. The summed E-state index contributed by atoms with van der Waals surface area (Å²) in [6.45, 7) is 1.82. The average molecular weight is 281 g/mol. The minimum atomic E-state index is -0.328. The lowest BCUT2D eigenvalue weighted by Crippen LogP contribution is -2.33. The molecule has 1 aromatic heterocycles. The van der Waals surface area contributed by atoms with Crippen molar-refractivity contribution in [2.45, 2.75) is 25.5 Å². The highest BCUT2D eigenvalue weighted by atomic mass is 16.5. The molecule has 0 aromatic carbocycles. The minimum Gasteiger partial charge on any atom is -0.380 e. The molecule has 0 saturated carbocycles. The summed E-state index contributed by atoms with van der Waals surface area (Å²) >= 11 is 0. The summed E-state index contributed by atoms with van der Waals surface area (Å²) in [5, 5.41) is 4.08. The van der Waals surface area contributed by atoms with E-state index in [-0.39, 0.29) is 30.5 Å². The minimum absolute atomic E-state index is 0.123. The highest BCUT2D eigenvalue weighted by Crippen LogP contribution is 2.19. The molecule has 1 saturated heterocycles. The van der Waals surface area contributed by atoms with Crippen LogP contribution in [0.2, 0.25) is 0 Å². The number of hydrogen-bond acceptors (Lipinski definition) is 6. The lowest BCUT2D eigenvalue weighted by molar-refractivity contribution is -0.121. The number of rotatable bonds is 5. The Morgan fingerprint density at radius 2 is 2.45 bits per heavy atom. The molecule has 20 heavy (non-hydrogen) atoms. The normalized spacial score (nSPS) is 18.3. The molecule has 0 bridgehead atoms. The fourth-order valence-corrected chi connectivity index (χ4v) is 2.20.